The minimum atomic E-state index is 1.23. The first kappa shape index (κ1) is 13.3. The van der Waals surface area contributed by atoms with Gasteiger partial charge in [0.15, 0.2) is 0 Å². The van der Waals surface area contributed by atoms with Crippen LogP contribution in [0.4, 0.5) is 0 Å². The van der Waals surface area contributed by atoms with Crippen LogP contribution in [0.25, 0.3) is 0 Å². The fraction of sp³-hybridized carbons (Fsp3) is 0.733. The van der Waals surface area contributed by atoms with Crippen LogP contribution in [-0.4, -0.2) is 4.98 Å². The number of unbranched alkanes of at least 4 members (excludes halogenated alkanes) is 4. The Kier molecular flexibility index (Phi) is 6.29. The smallest absolute Gasteiger partial charge is 0.0150 e. The quantitative estimate of drug-likeness (QED) is 0.608. The van der Waals surface area contributed by atoms with E-state index in [1.54, 1.807) is 11.1 Å². The van der Waals surface area contributed by atoms with Crippen molar-refractivity contribution in [2.45, 2.75) is 72.1 Å². The molecular formula is C15H27N. The van der Waals surface area contributed by atoms with Crippen molar-refractivity contribution in [2.75, 3.05) is 0 Å². The van der Waals surface area contributed by atoms with Gasteiger partial charge < -0.3 is 4.98 Å². The zero-order valence-corrected chi connectivity index (χ0v) is 11.2. The Morgan fingerprint density at radius 1 is 0.938 bits per heavy atom. The lowest BCUT2D eigenvalue weighted by Crippen LogP contribution is -1.92. The average Bonchev–Trinajstić information content (AvgIpc) is 2.61. The molecular weight excluding hydrogens is 194 g/mol. The molecule has 92 valence electrons. The Balaban J connectivity index is 2.36. The Morgan fingerprint density at radius 2 is 1.69 bits per heavy atom. The summed E-state index contributed by atoms with van der Waals surface area (Å²) in [6.07, 6.45) is 12.9. The van der Waals surface area contributed by atoms with Crippen molar-refractivity contribution in [3.05, 3.63) is 23.0 Å². The van der Waals surface area contributed by atoms with E-state index in [0.29, 0.717) is 0 Å². The van der Waals surface area contributed by atoms with Gasteiger partial charge in [-0.2, -0.15) is 0 Å². The molecule has 0 aliphatic carbocycles. The molecule has 1 nitrogen and oxygen atoms in total. The molecule has 0 unspecified atom stereocenters. The van der Waals surface area contributed by atoms with Crippen LogP contribution >= 0.6 is 0 Å². The van der Waals surface area contributed by atoms with Crippen molar-refractivity contribution in [3.8, 4) is 0 Å². The summed E-state index contributed by atoms with van der Waals surface area (Å²) < 4.78 is 0. The number of aryl methyl sites for hydroxylation is 2. The first-order valence-corrected chi connectivity index (χ1v) is 6.95. The van der Waals surface area contributed by atoms with Crippen molar-refractivity contribution in [1.82, 2.24) is 4.98 Å². The van der Waals surface area contributed by atoms with Gasteiger partial charge in [-0.3, -0.25) is 0 Å². The molecule has 0 saturated heterocycles. The van der Waals surface area contributed by atoms with Crippen LogP contribution in [0.3, 0.4) is 0 Å². The predicted octanol–water partition coefficient (Wildman–Crippen LogP) is 4.79. The molecule has 0 aliphatic heterocycles. The zero-order chi connectivity index (χ0) is 11.8. The van der Waals surface area contributed by atoms with Crippen LogP contribution in [0.2, 0.25) is 0 Å². The summed E-state index contributed by atoms with van der Waals surface area (Å²) in [7, 11) is 0. The molecule has 0 atom stereocenters. The third kappa shape index (κ3) is 4.03. The van der Waals surface area contributed by atoms with Gasteiger partial charge in [0.2, 0.25) is 0 Å². The van der Waals surface area contributed by atoms with Gasteiger partial charge in [-0.1, -0.05) is 46.0 Å². The first-order valence-electron chi connectivity index (χ1n) is 6.95. The molecule has 1 aromatic rings. The lowest BCUT2D eigenvalue weighted by atomic mass is 10.0. The standard InChI is InChI=1S/C15H27N/c1-4-6-7-8-9-11-15-13(3)16-12-14(15)10-5-2/h12,16H,4-11H2,1-3H3. The second kappa shape index (κ2) is 7.54. The average molecular weight is 221 g/mol. The fourth-order valence-corrected chi connectivity index (χ4v) is 2.36. The topological polar surface area (TPSA) is 15.8 Å². The van der Waals surface area contributed by atoms with Gasteiger partial charge in [-0.15, -0.1) is 0 Å². The molecule has 1 aromatic heterocycles. The molecule has 0 radical (unpaired) electrons. The van der Waals surface area contributed by atoms with Crippen molar-refractivity contribution in [3.63, 3.8) is 0 Å². The zero-order valence-electron chi connectivity index (χ0n) is 11.2. The minimum absolute atomic E-state index is 1.23. The lowest BCUT2D eigenvalue weighted by Gasteiger charge is -2.04. The molecule has 1 rings (SSSR count). The van der Waals surface area contributed by atoms with Gasteiger partial charge in [0.25, 0.3) is 0 Å². The highest BCUT2D eigenvalue weighted by molar-refractivity contribution is 5.30. The molecule has 1 heteroatoms. The second-order valence-corrected chi connectivity index (χ2v) is 4.83. The molecule has 1 heterocycles. The Hall–Kier alpha value is -0.720. The number of H-pyrrole nitrogens is 1. The monoisotopic (exact) mass is 221 g/mol. The van der Waals surface area contributed by atoms with Crippen molar-refractivity contribution < 1.29 is 0 Å². The van der Waals surface area contributed by atoms with E-state index in [4.69, 9.17) is 0 Å². The molecule has 0 saturated carbocycles. The summed E-state index contributed by atoms with van der Waals surface area (Å²) in [6.45, 7) is 6.74. The van der Waals surface area contributed by atoms with E-state index < -0.39 is 0 Å². The Morgan fingerprint density at radius 3 is 2.38 bits per heavy atom. The number of rotatable bonds is 8. The number of aromatic nitrogens is 1. The van der Waals surface area contributed by atoms with E-state index in [-0.39, 0.29) is 0 Å². The van der Waals surface area contributed by atoms with E-state index in [2.05, 4.69) is 32.0 Å². The summed E-state index contributed by atoms with van der Waals surface area (Å²) >= 11 is 0. The highest BCUT2D eigenvalue weighted by Crippen LogP contribution is 2.18. The molecule has 0 aliphatic rings. The highest BCUT2D eigenvalue weighted by atomic mass is 14.7. The van der Waals surface area contributed by atoms with Crippen LogP contribution in [-0.2, 0) is 12.8 Å². The molecule has 0 aromatic carbocycles. The maximum atomic E-state index is 3.37. The summed E-state index contributed by atoms with van der Waals surface area (Å²) in [5, 5.41) is 0. The van der Waals surface area contributed by atoms with Crippen LogP contribution in [0.15, 0.2) is 6.20 Å². The van der Waals surface area contributed by atoms with Crippen LogP contribution in [0, 0.1) is 6.92 Å². The maximum Gasteiger partial charge on any atom is 0.0150 e. The second-order valence-electron chi connectivity index (χ2n) is 4.83. The molecule has 16 heavy (non-hydrogen) atoms. The molecule has 0 fully saturated rings. The third-order valence-corrected chi connectivity index (χ3v) is 3.35. The normalized spacial score (nSPS) is 10.9. The van der Waals surface area contributed by atoms with Gasteiger partial charge in [-0.05, 0) is 37.3 Å². The van der Waals surface area contributed by atoms with Gasteiger partial charge in [0.1, 0.15) is 0 Å². The lowest BCUT2D eigenvalue weighted by molar-refractivity contribution is 0.630. The first-order chi connectivity index (χ1) is 7.79. The van der Waals surface area contributed by atoms with E-state index in [9.17, 15) is 0 Å². The molecule has 0 spiro atoms. The third-order valence-electron chi connectivity index (χ3n) is 3.35. The van der Waals surface area contributed by atoms with Crippen molar-refractivity contribution >= 4 is 0 Å². The Bertz CT molecular complexity index is 286. The van der Waals surface area contributed by atoms with E-state index in [1.807, 2.05) is 0 Å². The van der Waals surface area contributed by atoms with Gasteiger partial charge in [0, 0.05) is 11.9 Å². The fourth-order valence-electron chi connectivity index (χ4n) is 2.36. The van der Waals surface area contributed by atoms with E-state index >= 15 is 0 Å². The number of nitrogens with one attached hydrogen (secondary N) is 1. The summed E-state index contributed by atoms with van der Waals surface area (Å²) in [5.41, 5.74) is 4.53. The predicted molar refractivity (Wildman–Crippen MR) is 72.0 cm³/mol. The Labute approximate surface area is 101 Å². The maximum absolute atomic E-state index is 3.37. The van der Waals surface area contributed by atoms with E-state index in [0.717, 1.165) is 0 Å². The van der Waals surface area contributed by atoms with E-state index in [1.165, 1.54) is 57.1 Å². The number of aromatic amines is 1. The highest BCUT2D eigenvalue weighted by Gasteiger charge is 2.06. The van der Waals surface area contributed by atoms with Crippen LogP contribution < -0.4 is 0 Å². The van der Waals surface area contributed by atoms with Crippen LogP contribution in [0.1, 0.15) is 69.2 Å². The van der Waals surface area contributed by atoms with Crippen LogP contribution in [0.5, 0.6) is 0 Å². The number of hydrogen-bond acceptors (Lipinski definition) is 0. The minimum Gasteiger partial charge on any atom is -0.365 e. The molecule has 0 bridgehead atoms. The summed E-state index contributed by atoms with van der Waals surface area (Å²) in [6, 6.07) is 0. The van der Waals surface area contributed by atoms with Gasteiger partial charge >= 0.3 is 0 Å². The van der Waals surface area contributed by atoms with Gasteiger partial charge in [-0.25, -0.2) is 0 Å². The summed E-state index contributed by atoms with van der Waals surface area (Å²) in [5.74, 6) is 0. The van der Waals surface area contributed by atoms with Crippen molar-refractivity contribution in [1.29, 1.82) is 0 Å². The number of hydrogen-bond donors (Lipinski definition) is 1. The summed E-state index contributed by atoms with van der Waals surface area (Å²) in [4.78, 5) is 3.37. The van der Waals surface area contributed by atoms with Gasteiger partial charge in [0.05, 0.1) is 0 Å². The van der Waals surface area contributed by atoms with Crippen molar-refractivity contribution in [2.24, 2.45) is 0 Å². The SMILES string of the molecule is CCCCCCCc1c(CCC)c[nH]c1C. The molecule has 0 amide bonds. The molecule has 1 N–H and O–H groups in total. The largest absolute Gasteiger partial charge is 0.365 e.